The summed E-state index contributed by atoms with van der Waals surface area (Å²) in [5, 5.41) is 11.0. The molecule has 0 aliphatic rings. The summed E-state index contributed by atoms with van der Waals surface area (Å²) < 4.78 is 27.1. The third-order valence-electron chi connectivity index (χ3n) is 5.49. The molecule has 0 spiro atoms. The fourth-order valence-corrected chi connectivity index (χ4v) is 5.32. The van der Waals surface area contributed by atoms with Crippen molar-refractivity contribution in [2.45, 2.75) is 24.3 Å². The van der Waals surface area contributed by atoms with Crippen molar-refractivity contribution in [3.63, 3.8) is 0 Å². The summed E-state index contributed by atoms with van der Waals surface area (Å²) in [6.07, 6.45) is 0. The number of aromatic nitrogens is 2. The Morgan fingerprint density at radius 3 is 2.31 bits per heavy atom. The molecule has 0 fully saturated rings. The second-order valence-electron chi connectivity index (χ2n) is 7.98. The number of hydrogen-bond donors (Lipinski definition) is 1. The van der Waals surface area contributed by atoms with Crippen molar-refractivity contribution in [3.8, 4) is 39.1 Å². The molecule has 0 aliphatic heterocycles. The molecular weight excluding hydrogens is 542 g/mol. The molecule has 0 saturated heterocycles. The van der Waals surface area contributed by atoms with Crippen LogP contribution in [0.1, 0.15) is 24.2 Å². The summed E-state index contributed by atoms with van der Waals surface area (Å²) in [4.78, 5) is 26.5. The third kappa shape index (κ3) is 6.35. The van der Waals surface area contributed by atoms with E-state index >= 15 is 0 Å². The van der Waals surface area contributed by atoms with E-state index in [0.717, 1.165) is 22.2 Å². The van der Waals surface area contributed by atoms with Gasteiger partial charge < -0.3 is 28.7 Å². The Hall–Kier alpha value is -4.03. The Kier molecular flexibility index (Phi) is 9.10. The van der Waals surface area contributed by atoms with E-state index in [-0.39, 0.29) is 23.6 Å². The number of methoxy groups -OCH3 is 3. The average molecular weight is 570 g/mol. The van der Waals surface area contributed by atoms with Crippen molar-refractivity contribution in [1.29, 1.82) is 0 Å². The zero-order valence-corrected chi connectivity index (χ0v) is 23.6. The maximum atomic E-state index is 13.1. The summed E-state index contributed by atoms with van der Waals surface area (Å²) in [5.41, 5.74) is 1.79. The standard InChI is InChI=1S/C27H27N3O7S2/c1-6-36-26(32)18-14-21(16-10-8-7-9-11-16)39-25(18)28-23(31)15(2)38-27-30-29-24(37-27)17-12-19(33-3)22(35-5)20(13-17)34-4/h7-15H,6H2,1-5H3,(H,28,31). The highest BCUT2D eigenvalue weighted by Gasteiger charge is 2.24. The van der Waals surface area contributed by atoms with E-state index in [1.54, 1.807) is 32.0 Å². The van der Waals surface area contributed by atoms with E-state index in [9.17, 15) is 9.59 Å². The van der Waals surface area contributed by atoms with Gasteiger partial charge in [0.15, 0.2) is 11.5 Å². The van der Waals surface area contributed by atoms with Crippen LogP contribution in [-0.4, -0.2) is 55.3 Å². The number of nitrogens with one attached hydrogen (secondary N) is 1. The number of amides is 1. The summed E-state index contributed by atoms with van der Waals surface area (Å²) in [5.74, 6) is 0.706. The van der Waals surface area contributed by atoms with E-state index in [0.29, 0.717) is 33.4 Å². The molecule has 0 bridgehead atoms. The monoisotopic (exact) mass is 569 g/mol. The number of thiophene rings is 1. The van der Waals surface area contributed by atoms with E-state index in [1.807, 2.05) is 30.3 Å². The lowest BCUT2D eigenvalue weighted by Crippen LogP contribution is -2.23. The highest BCUT2D eigenvalue weighted by molar-refractivity contribution is 8.00. The fraction of sp³-hybridized carbons (Fsp3) is 0.259. The molecule has 1 atom stereocenters. The molecule has 2 aromatic carbocycles. The predicted octanol–water partition coefficient (Wildman–Crippen LogP) is 5.79. The molecule has 4 aromatic rings. The van der Waals surface area contributed by atoms with Crippen LogP contribution in [0.25, 0.3) is 21.9 Å². The van der Waals surface area contributed by atoms with Gasteiger partial charge in [0.25, 0.3) is 5.22 Å². The van der Waals surface area contributed by atoms with Crippen LogP contribution in [0.3, 0.4) is 0 Å². The van der Waals surface area contributed by atoms with Crippen LogP contribution in [-0.2, 0) is 9.53 Å². The molecule has 2 aromatic heterocycles. The number of nitrogens with zero attached hydrogens (tertiary/aromatic N) is 2. The molecule has 1 unspecified atom stereocenters. The van der Waals surface area contributed by atoms with Gasteiger partial charge in [-0.1, -0.05) is 42.1 Å². The van der Waals surface area contributed by atoms with Gasteiger partial charge in [-0.05, 0) is 37.6 Å². The van der Waals surface area contributed by atoms with Crippen molar-refractivity contribution in [2.24, 2.45) is 0 Å². The molecule has 0 aliphatic carbocycles. The van der Waals surface area contributed by atoms with E-state index in [2.05, 4.69) is 15.5 Å². The maximum Gasteiger partial charge on any atom is 0.341 e. The van der Waals surface area contributed by atoms with E-state index < -0.39 is 11.2 Å². The smallest absolute Gasteiger partial charge is 0.341 e. The highest BCUT2D eigenvalue weighted by Crippen LogP contribution is 2.41. The molecule has 10 nitrogen and oxygen atoms in total. The lowest BCUT2D eigenvalue weighted by molar-refractivity contribution is -0.115. The van der Waals surface area contributed by atoms with Crippen LogP contribution in [0.2, 0.25) is 0 Å². The minimum Gasteiger partial charge on any atom is -0.493 e. The zero-order chi connectivity index (χ0) is 27.9. The molecule has 1 amide bonds. The molecule has 39 heavy (non-hydrogen) atoms. The van der Waals surface area contributed by atoms with Gasteiger partial charge in [0.05, 0.1) is 38.7 Å². The van der Waals surface area contributed by atoms with Gasteiger partial charge in [0.1, 0.15) is 5.00 Å². The minimum absolute atomic E-state index is 0.197. The first-order valence-corrected chi connectivity index (χ1v) is 13.6. The molecule has 0 radical (unpaired) electrons. The van der Waals surface area contributed by atoms with Crippen LogP contribution in [0, 0.1) is 0 Å². The number of thioether (sulfide) groups is 1. The number of carbonyl (C=O) groups is 2. The minimum atomic E-state index is -0.615. The van der Waals surface area contributed by atoms with Gasteiger partial charge in [-0.2, -0.15) is 0 Å². The van der Waals surface area contributed by atoms with Gasteiger partial charge in [-0.15, -0.1) is 21.5 Å². The van der Waals surface area contributed by atoms with Crippen molar-refractivity contribution in [2.75, 3.05) is 33.3 Å². The first kappa shape index (κ1) is 28.0. The number of benzene rings is 2. The maximum absolute atomic E-state index is 13.1. The Labute approximate surface area is 233 Å². The molecule has 204 valence electrons. The van der Waals surface area contributed by atoms with Crippen LogP contribution < -0.4 is 19.5 Å². The third-order valence-corrected chi connectivity index (χ3v) is 7.52. The number of hydrogen-bond acceptors (Lipinski definition) is 11. The Bertz CT molecular complexity index is 1430. The van der Waals surface area contributed by atoms with Crippen LogP contribution in [0.15, 0.2) is 58.2 Å². The van der Waals surface area contributed by atoms with Gasteiger partial charge in [-0.25, -0.2) is 4.79 Å². The predicted molar refractivity (Wildman–Crippen MR) is 149 cm³/mol. The number of ether oxygens (including phenoxy) is 4. The summed E-state index contributed by atoms with van der Waals surface area (Å²) >= 11 is 2.39. The van der Waals surface area contributed by atoms with Crippen molar-refractivity contribution >= 4 is 40.0 Å². The molecule has 4 rings (SSSR count). The van der Waals surface area contributed by atoms with Crippen molar-refractivity contribution < 1.29 is 33.0 Å². The van der Waals surface area contributed by atoms with Gasteiger partial charge in [0.2, 0.25) is 17.5 Å². The SMILES string of the molecule is CCOC(=O)c1cc(-c2ccccc2)sc1NC(=O)C(C)Sc1nnc(-c2cc(OC)c(OC)c(OC)c2)o1. The van der Waals surface area contributed by atoms with Crippen molar-refractivity contribution in [3.05, 3.63) is 54.1 Å². The summed E-state index contributed by atoms with van der Waals surface area (Å²) in [6.45, 7) is 3.66. The van der Waals surface area contributed by atoms with Crippen molar-refractivity contribution in [1.82, 2.24) is 10.2 Å². The van der Waals surface area contributed by atoms with Gasteiger partial charge in [-0.3, -0.25) is 4.79 Å². The number of carbonyl (C=O) groups excluding carboxylic acids is 2. The van der Waals surface area contributed by atoms with Crippen LogP contribution >= 0.6 is 23.1 Å². The topological polar surface area (TPSA) is 122 Å². The normalized spacial score (nSPS) is 11.5. The molecule has 0 saturated carbocycles. The average Bonchev–Trinajstić information content (AvgIpc) is 3.60. The first-order valence-electron chi connectivity index (χ1n) is 11.9. The highest BCUT2D eigenvalue weighted by atomic mass is 32.2. The quantitative estimate of drug-likeness (QED) is 0.175. The lowest BCUT2D eigenvalue weighted by atomic mass is 10.1. The number of anilines is 1. The van der Waals surface area contributed by atoms with E-state index in [1.165, 1.54) is 32.7 Å². The summed E-state index contributed by atoms with van der Waals surface area (Å²) in [7, 11) is 4.54. The molecule has 1 N–H and O–H groups in total. The number of rotatable bonds is 11. The molecule has 12 heteroatoms. The first-order chi connectivity index (χ1) is 18.9. The zero-order valence-electron chi connectivity index (χ0n) is 22.0. The van der Waals surface area contributed by atoms with E-state index in [4.69, 9.17) is 23.4 Å². The second kappa shape index (κ2) is 12.7. The van der Waals surface area contributed by atoms with Crippen LogP contribution in [0.5, 0.6) is 17.2 Å². The van der Waals surface area contributed by atoms with Gasteiger partial charge in [0, 0.05) is 10.4 Å². The van der Waals surface area contributed by atoms with Gasteiger partial charge >= 0.3 is 5.97 Å². The van der Waals surface area contributed by atoms with Crippen LogP contribution in [0.4, 0.5) is 5.00 Å². The molecule has 2 heterocycles. The lowest BCUT2D eigenvalue weighted by Gasteiger charge is -2.12. The Balaban J connectivity index is 1.51. The second-order valence-corrected chi connectivity index (χ2v) is 10.3. The number of esters is 1. The largest absolute Gasteiger partial charge is 0.493 e. The fourth-order valence-electron chi connectivity index (χ4n) is 3.59. The summed E-state index contributed by atoms with van der Waals surface area (Å²) in [6, 6.07) is 14.7. The Morgan fingerprint density at radius 2 is 1.69 bits per heavy atom. The Morgan fingerprint density at radius 1 is 1.00 bits per heavy atom. The molecular formula is C27H27N3O7S2.